The SMILES string of the molecule is NC(CC1CCCO1)c1ccsc1. The predicted octanol–water partition coefficient (Wildman–Crippen LogP) is 2.32. The molecule has 1 aromatic heterocycles. The summed E-state index contributed by atoms with van der Waals surface area (Å²) in [5, 5.41) is 4.20. The summed E-state index contributed by atoms with van der Waals surface area (Å²) in [5.41, 5.74) is 7.30. The molecule has 0 aromatic carbocycles. The average molecular weight is 197 g/mol. The van der Waals surface area contributed by atoms with Crippen LogP contribution in [0.5, 0.6) is 0 Å². The van der Waals surface area contributed by atoms with Crippen molar-refractivity contribution in [1.82, 2.24) is 0 Å². The monoisotopic (exact) mass is 197 g/mol. The summed E-state index contributed by atoms with van der Waals surface area (Å²) in [6.07, 6.45) is 3.74. The molecule has 0 bridgehead atoms. The minimum atomic E-state index is 0.161. The summed E-state index contributed by atoms with van der Waals surface area (Å²) in [5.74, 6) is 0. The molecule has 0 aliphatic carbocycles. The van der Waals surface area contributed by atoms with E-state index >= 15 is 0 Å². The molecule has 1 aliphatic rings. The van der Waals surface area contributed by atoms with Gasteiger partial charge in [0, 0.05) is 12.6 Å². The van der Waals surface area contributed by atoms with E-state index in [0.29, 0.717) is 6.10 Å². The van der Waals surface area contributed by atoms with E-state index in [0.717, 1.165) is 13.0 Å². The fraction of sp³-hybridized carbons (Fsp3) is 0.600. The largest absolute Gasteiger partial charge is 0.378 e. The van der Waals surface area contributed by atoms with E-state index in [9.17, 15) is 0 Å². The topological polar surface area (TPSA) is 35.2 Å². The first-order chi connectivity index (χ1) is 6.36. The van der Waals surface area contributed by atoms with Crippen LogP contribution in [0.25, 0.3) is 0 Å². The molecule has 2 rings (SSSR count). The van der Waals surface area contributed by atoms with Gasteiger partial charge in [-0.25, -0.2) is 0 Å². The zero-order valence-corrected chi connectivity index (χ0v) is 8.43. The van der Waals surface area contributed by atoms with E-state index in [1.165, 1.54) is 18.4 Å². The van der Waals surface area contributed by atoms with Crippen LogP contribution in [0.15, 0.2) is 16.8 Å². The Morgan fingerprint density at radius 2 is 2.62 bits per heavy atom. The lowest BCUT2D eigenvalue weighted by Gasteiger charge is -2.14. The lowest BCUT2D eigenvalue weighted by Crippen LogP contribution is -2.17. The lowest BCUT2D eigenvalue weighted by molar-refractivity contribution is 0.0984. The van der Waals surface area contributed by atoms with Crippen molar-refractivity contribution >= 4 is 11.3 Å². The van der Waals surface area contributed by atoms with Crippen LogP contribution >= 0.6 is 11.3 Å². The maximum Gasteiger partial charge on any atom is 0.0594 e. The van der Waals surface area contributed by atoms with Gasteiger partial charge < -0.3 is 10.5 Å². The third kappa shape index (κ3) is 2.30. The molecule has 2 atom stereocenters. The van der Waals surface area contributed by atoms with Gasteiger partial charge in [-0.15, -0.1) is 0 Å². The molecular formula is C10H15NOS. The van der Waals surface area contributed by atoms with E-state index < -0.39 is 0 Å². The number of ether oxygens (including phenoxy) is 1. The first-order valence-corrected chi connectivity index (χ1v) is 5.70. The summed E-state index contributed by atoms with van der Waals surface area (Å²) in [7, 11) is 0. The molecule has 2 N–H and O–H groups in total. The van der Waals surface area contributed by atoms with Gasteiger partial charge in [-0.3, -0.25) is 0 Å². The highest BCUT2D eigenvalue weighted by Crippen LogP contribution is 2.24. The Balaban J connectivity index is 1.87. The Morgan fingerprint density at radius 1 is 1.69 bits per heavy atom. The van der Waals surface area contributed by atoms with E-state index in [-0.39, 0.29) is 6.04 Å². The van der Waals surface area contributed by atoms with Crippen LogP contribution in [0.4, 0.5) is 0 Å². The van der Waals surface area contributed by atoms with Crippen LogP contribution in [0, 0.1) is 0 Å². The van der Waals surface area contributed by atoms with Crippen molar-refractivity contribution in [1.29, 1.82) is 0 Å². The Labute approximate surface area is 82.7 Å². The van der Waals surface area contributed by atoms with E-state index in [4.69, 9.17) is 10.5 Å². The molecule has 0 saturated carbocycles. The van der Waals surface area contributed by atoms with Gasteiger partial charge in [-0.1, -0.05) is 0 Å². The van der Waals surface area contributed by atoms with Gasteiger partial charge in [0.25, 0.3) is 0 Å². The lowest BCUT2D eigenvalue weighted by atomic mass is 10.0. The van der Waals surface area contributed by atoms with Gasteiger partial charge in [-0.05, 0) is 41.7 Å². The highest BCUT2D eigenvalue weighted by atomic mass is 32.1. The molecular weight excluding hydrogens is 182 g/mol. The molecule has 0 radical (unpaired) electrons. The fourth-order valence-electron chi connectivity index (χ4n) is 1.74. The summed E-state index contributed by atoms with van der Waals surface area (Å²) < 4.78 is 5.55. The average Bonchev–Trinajstić information content (AvgIpc) is 2.74. The first kappa shape index (κ1) is 9.19. The van der Waals surface area contributed by atoms with Crippen molar-refractivity contribution in [2.45, 2.75) is 31.4 Å². The van der Waals surface area contributed by atoms with Crippen molar-refractivity contribution in [2.24, 2.45) is 5.73 Å². The summed E-state index contributed by atoms with van der Waals surface area (Å²) in [6.45, 7) is 0.918. The number of thiophene rings is 1. The molecule has 1 fully saturated rings. The van der Waals surface area contributed by atoms with Crippen LogP contribution in [-0.2, 0) is 4.74 Å². The Bertz CT molecular complexity index is 241. The summed E-state index contributed by atoms with van der Waals surface area (Å²) >= 11 is 1.71. The molecule has 2 heterocycles. The van der Waals surface area contributed by atoms with Gasteiger partial charge >= 0.3 is 0 Å². The molecule has 0 amide bonds. The maximum atomic E-state index is 6.05. The number of hydrogen-bond donors (Lipinski definition) is 1. The number of rotatable bonds is 3. The first-order valence-electron chi connectivity index (χ1n) is 4.75. The van der Waals surface area contributed by atoms with Crippen molar-refractivity contribution in [2.75, 3.05) is 6.61 Å². The van der Waals surface area contributed by atoms with Crippen molar-refractivity contribution < 1.29 is 4.74 Å². The highest BCUT2D eigenvalue weighted by molar-refractivity contribution is 7.07. The fourth-order valence-corrected chi connectivity index (χ4v) is 2.46. The molecule has 72 valence electrons. The highest BCUT2D eigenvalue weighted by Gasteiger charge is 2.19. The Kier molecular flexibility index (Phi) is 2.98. The Hall–Kier alpha value is -0.380. The zero-order valence-electron chi connectivity index (χ0n) is 7.61. The van der Waals surface area contributed by atoms with Crippen molar-refractivity contribution in [3.05, 3.63) is 22.4 Å². The second-order valence-corrected chi connectivity index (χ2v) is 4.31. The minimum Gasteiger partial charge on any atom is -0.378 e. The third-order valence-electron chi connectivity index (χ3n) is 2.51. The zero-order chi connectivity index (χ0) is 9.10. The van der Waals surface area contributed by atoms with Crippen LogP contribution in [0.3, 0.4) is 0 Å². The van der Waals surface area contributed by atoms with Gasteiger partial charge in [0.15, 0.2) is 0 Å². The smallest absolute Gasteiger partial charge is 0.0594 e. The molecule has 3 heteroatoms. The van der Waals surface area contributed by atoms with E-state index in [1.54, 1.807) is 11.3 Å². The molecule has 1 saturated heterocycles. The number of hydrogen-bond acceptors (Lipinski definition) is 3. The van der Waals surface area contributed by atoms with Crippen LogP contribution in [0.1, 0.15) is 30.9 Å². The number of nitrogens with two attached hydrogens (primary N) is 1. The summed E-state index contributed by atoms with van der Waals surface area (Å²) in [6, 6.07) is 2.26. The maximum absolute atomic E-state index is 6.05. The van der Waals surface area contributed by atoms with E-state index in [1.807, 2.05) is 0 Å². The van der Waals surface area contributed by atoms with Crippen LogP contribution in [-0.4, -0.2) is 12.7 Å². The standard InChI is InChI=1S/C10H15NOS/c11-10(8-3-5-13-7-8)6-9-2-1-4-12-9/h3,5,7,9-10H,1-2,4,6,11H2. The van der Waals surface area contributed by atoms with Crippen LogP contribution < -0.4 is 5.73 Å². The molecule has 0 spiro atoms. The predicted molar refractivity (Wildman–Crippen MR) is 54.8 cm³/mol. The van der Waals surface area contributed by atoms with Gasteiger partial charge in [0.05, 0.1) is 6.10 Å². The molecule has 13 heavy (non-hydrogen) atoms. The third-order valence-corrected chi connectivity index (χ3v) is 3.21. The minimum absolute atomic E-state index is 0.161. The van der Waals surface area contributed by atoms with Gasteiger partial charge in [0.1, 0.15) is 0 Å². The van der Waals surface area contributed by atoms with Crippen molar-refractivity contribution in [3.63, 3.8) is 0 Å². The van der Waals surface area contributed by atoms with E-state index in [2.05, 4.69) is 16.8 Å². The molecule has 1 aliphatic heterocycles. The normalized spacial score (nSPS) is 24.8. The molecule has 2 unspecified atom stereocenters. The second-order valence-electron chi connectivity index (χ2n) is 3.53. The molecule has 2 nitrogen and oxygen atoms in total. The molecule has 1 aromatic rings. The quantitative estimate of drug-likeness (QED) is 0.807. The Morgan fingerprint density at radius 3 is 3.23 bits per heavy atom. The summed E-state index contributed by atoms with van der Waals surface area (Å²) in [4.78, 5) is 0. The second kappa shape index (κ2) is 4.22. The van der Waals surface area contributed by atoms with Crippen LogP contribution in [0.2, 0.25) is 0 Å². The van der Waals surface area contributed by atoms with Gasteiger partial charge in [-0.2, -0.15) is 11.3 Å². The van der Waals surface area contributed by atoms with Gasteiger partial charge in [0.2, 0.25) is 0 Å². The van der Waals surface area contributed by atoms with Crippen molar-refractivity contribution in [3.8, 4) is 0 Å².